The Morgan fingerprint density at radius 3 is 2.40 bits per heavy atom. The molecule has 1 heterocycles. The number of rotatable bonds is 3. The number of nitrogens with zero attached hydrogens (tertiary/aromatic N) is 1. The van der Waals surface area contributed by atoms with Crippen LogP contribution in [0.3, 0.4) is 0 Å². The Bertz CT molecular complexity index is 551. The number of carbonyl (C=O) groups excluding carboxylic acids is 1. The van der Waals surface area contributed by atoms with Gasteiger partial charge in [-0.25, -0.2) is 17.5 Å². The van der Waals surface area contributed by atoms with E-state index in [9.17, 15) is 13.2 Å². The van der Waals surface area contributed by atoms with Crippen molar-refractivity contribution in [2.75, 3.05) is 19.3 Å². The summed E-state index contributed by atoms with van der Waals surface area (Å²) in [5, 5.41) is 2.76. The molecule has 1 aliphatic rings. The summed E-state index contributed by atoms with van der Waals surface area (Å²) >= 11 is 0. The highest BCUT2D eigenvalue weighted by atomic mass is 32.2. The van der Waals surface area contributed by atoms with Gasteiger partial charge in [-0.3, -0.25) is 0 Å². The van der Waals surface area contributed by atoms with Crippen LogP contribution in [0.4, 0.5) is 4.79 Å². The van der Waals surface area contributed by atoms with E-state index in [0.29, 0.717) is 31.7 Å². The summed E-state index contributed by atoms with van der Waals surface area (Å²) in [4.78, 5) is 11.7. The van der Waals surface area contributed by atoms with Crippen LogP contribution in [0, 0.1) is 0 Å². The zero-order valence-electron chi connectivity index (χ0n) is 11.3. The summed E-state index contributed by atoms with van der Waals surface area (Å²) in [5.74, 6) is 0.485. The molecule has 0 spiro atoms. The zero-order chi connectivity index (χ0) is 14.6. The molecule has 110 valence electrons. The molecule has 1 aromatic carbocycles. The summed E-state index contributed by atoms with van der Waals surface area (Å²) in [6.45, 7) is 0.851. The number of para-hydroxylation sites is 1. The third-order valence-electron chi connectivity index (χ3n) is 3.20. The van der Waals surface area contributed by atoms with E-state index in [1.54, 1.807) is 24.3 Å². The highest BCUT2D eigenvalue weighted by Gasteiger charge is 2.26. The van der Waals surface area contributed by atoms with E-state index in [-0.39, 0.29) is 6.04 Å². The van der Waals surface area contributed by atoms with E-state index >= 15 is 0 Å². The number of benzene rings is 1. The van der Waals surface area contributed by atoms with Crippen molar-refractivity contribution in [2.45, 2.75) is 18.9 Å². The van der Waals surface area contributed by atoms with Crippen molar-refractivity contribution in [1.29, 1.82) is 0 Å². The van der Waals surface area contributed by atoms with Crippen LogP contribution in [0.1, 0.15) is 12.8 Å². The van der Waals surface area contributed by atoms with Gasteiger partial charge in [0.1, 0.15) is 5.75 Å². The zero-order valence-corrected chi connectivity index (χ0v) is 12.1. The van der Waals surface area contributed by atoms with Gasteiger partial charge in [0.25, 0.3) is 0 Å². The van der Waals surface area contributed by atoms with Crippen molar-refractivity contribution < 1.29 is 17.9 Å². The first-order valence-electron chi connectivity index (χ1n) is 6.43. The maximum absolute atomic E-state index is 11.7. The van der Waals surface area contributed by atoms with Crippen molar-refractivity contribution in [3.8, 4) is 5.75 Å². The quantitative estimate of drug-likeness (QED) is 0.909. The summed E-state index contributed by atoms with van der Waals surface area (Å²) < 4.78 is 29.3. The Morgan fingerprint density at radius 1 is 1.25 bits per heavy atom. The van der Waals surface area contributed by atoms with Crippen molar-refractivity contribution in [3.05, 3.63) is 30.3 Å². The lowest BCUT2D eigenvalue weighted by Gasteiger charge is -2.30. The smallest absolute Gasteiger partial charge is 0.410 e. The summed E-state index contributed by atoms with van der Waals surface area (Å²) in [6, 6.07) is 8.76. The van der Waals surface area contributed by atoms with Crippen molar-refractivity contribution in [3.63, 3.8) is 0 Å². The predicted molar refractivity (Wildman–Crippen MR) is 75.0 cm³/mol. The maximum atomic E-state index is 11.7. The van der Waals surface area contributed by atoms with Crippen LogP contribution in [-0.2, 0) is 10.0 Å². The molecule has 1 saturated heterocycles. The van der Waals surface area contributed by atoms with E-state index in [2.05, 4.69) is 5.32 Å². The van der Waals surface area contributed by atoms with E-state index < -0.39 is 16.1 Å². The van der Waals surface area contributed by atoms with Gasteiger partial charge in [0.2, 0.25) is 10.0 Å². The van der Waals surface area contributed by atoms with Gasteiger partial charge >= 0.3 is 6.09 Å². The fourth-order valence-electron chi connectivity index (χ4n) is 2.12. The predicted octanol–water partition coefficient (Wildman–Crippen LogP) is 1.20. The SMILES string of the molecule is CS(=O)(=O)N1CCC(NC(=O)Oc2ccccc2)CC1. The van der Waals surface area contributed by atoms with E-state index in [4.69, 9.17) is 4.74 Å². The highest BCUT2D eigenvalue weighted by Crippen LogP contribution is 2.14. The Balaban J connectivity index is 1.79. The van der Waals surface area contributed by atoms with Crippen molar-refractivity contribution in [2.24, 2.45) is 0 Å². The molecule has 1 amide bonds. The van der Waals surface area contributed by atoms with Gasteiger partial charge in [-0.1, -0.05) is 18.2 Å². The molecule has 1 aliphatic heterocycles. The lowest BCUT2D eigenvalue weighted by atomic mass is 10.1. The number of nitrogens with one attached hydrogen (secondary N) is 1. The fraction of sp³-hybridized carbons (Fsp3) is 0.462. The van der Waals surface area contributed by atoms with Gasteiger partial charge in [0.15, 0.2) is 0 Å². The topological polar surface area (TPSA) is 75.7 Å². The average Bonchev–Trinajstić information content (AvgIpc) is 2.39. The number of hydrogen-bond acceptors (Lipinski definition) is 4. The lowest BCUT2D eigenvalue weighted by Crippen LogP contribution is -2.46. The first-order chi connectivity index (χ1) is 9.45. The monoisotopic (exact) mass is 298 g/mol. The molecule has 0 bridgehead atoms. The van der Waals surface area contributed by atoms with Crippen LogP contribution >= 0.6 is 0 Å². The molecule has 0 atom stereocenters. The molecule has 1 fully saturated rings. The standard InChI is InChI=1S/C13H18N2O4S/c1-20(17,18)15-9-7-11(8-10-15)14-13(16)19-12-5-3-2-4-6-12/h2-6,11H,7-10H2,1H3,(H,14,16). The molecule has 0 saturated carbocycles. The Morgan fingerprint density at radius 2 is 1.85 bits per heavy atom. The van der Waals surface area contributed by atoms with E-state index in [1.165, 1.54) is 10.6 Å². The van der Waals surface area contributed by atoms with Gasteiger partial charge in [-0.05, 0) is 25.0 Å². The molecule has 0 unspecified atom stereocenters. The normalized spacial score (nSPS) is 17.6. The lowest BCUT2D eigenvalue weighted by molar-refractivity contribution is 0.189. The molecule has 0 radical (unpaired) electrons. The minimum Gasteiger partial charge on any atom is -0.410 e. The van der Waals surface area contributed by atoms with Crippen molar-refractivity contribution >= 4 is 16.1 Å². The molecule has 0 aliphatic carbocycles. The summed E-state index contributed by atoms with van der Waals surface area (Å²) in [5.41, 5.74) is 0. The number of sulfonamides is 1. The molecule has 2 rings (SSSR count). The second-order valence-electron chi connectivity index (χ2n) is 4.78. The van der Waals surface area contributed by atoms with E-state index in [1.807, 2.05) is 6.07 Å². The Hall–Kier alpha value is -1.60. The fourth-order valence-corrected chi connectivity index (χ4v) is 3.00. The number of ether oxygens (including phenoxy) is 1. The molecule has 20 heavy (non-hydrogen) atoms. The minimum absolute atomic E-state index is 0.0517. The molecular weight excluding hydrogens is 280 g/mol. The van der Waals surface area contributed by atoms with Crippen LogP contribution in [0.5, 0.6) is 5.75 Å². The van der Waals surface area contributed by atoms with Crippen LogP contribution < -0.4 is 10.1 Å². The first kappa shape index (κ1) is 14.8. The average molecular weight is 298 g/mol. The largest absolute Gasteiger partial charge is 0.412 e. The van der Waals surface area contributed by atoms with Crippen molar-refractivity contribution in [1.82, 2.24) is 9.62 Å². The van der Waals surface area contributed by atoms with Crippen LogP contribution in [0.15, 0.2) is 30.3 Å². The van der Waals surface area contributed by atoms with Crippen LogP contribution in [-0.4, -0.2) is 44.2 Å². The second-order valence-corrected chi connectivity index (χ2v) is 6.77. The Labute approximate surface area is 118 Å². The maximum Gasteiger partial charge on any atom is 0.412 e. The minimum atomic E-state index is -3.14. The number of hydrogen-bond donors (Lipinski definition) is 1. The third-order valence-corrected chi connectivity index (χ3v) is 4.50. The molecule has 6 nitrogen and oxygen atoms in total. The number of piperidine rings is 1. The molecule has 1 aromatic rings. The first-order valence-corrected chi connectivity index (χ1v) is 8.28. The Kier molecular flexibility index (Phi) is 4.61. The summed E-state index contributed by atoms with van der Waals surface area (Å²) in [7, 11) is -3.14. The molecule has 1 N–H and O–H groups in total. The number of amides is 1. The van der Waals surface area contributed by atoms with Gasteiger partial charge in [-0.2, -0.15) is 0 Å². The second kappa shape index (κ2) is 6.23. The van der Waals surface area contributed by atoms with Gasteiger partial charge in [0, 0.05) is 19.1 Å². The summed E-state index contributed by atoms with van der Waals surface area (Å²) in [6.07, 6.45) is 1.88. The van der Waals surface area contributed by atoms with E-state index in [0.717, 1.165) is 0 Å². The van der Waals surface area contributed by atoms with Crippen LogP contribution in [0.25, 0.3) is 0 Å². The van der Waals surface area contributed by atoms with Gasteiger partial charge in [0.05, 0.1) is 6.26 Å². The number of carbonyl (C=O) groups is 1. The van der Waals surface area contributed by atoms with Crippen LogP contribution in [0.2, 0.25) is 0 Å². The molecular formula is C13H18N2O4S. The van der Waals surface area contributed by atoms with Gasteiger partial charge in [-0.15, -0.1) is 0 Å². The molecule has 7 heteroatoms. The molecule has 0 aromatic heterocycles. The third kappa shape index (κ3) is 4.21. The van der Waals surface area contributed by atoms with Gasteiger partial charge < -0.3 is 10.1 Å². The highest BCUT2D eigenvalue weighted by molar-refractivity contribution is 7.88.